The second-order valence-electron chi connectivity index (χ2n) is 7.93. The highest BCUT2D eigenvalue weighted by atomic mass is 16.5. The Hall–Kier alpha value is -3.36. The number of benzene rings is 2. The number of Topliss-reactive ketones (excluding diaryl/α,β-unsaturated/α-hetero) is 1. The molecule has 1 amide bonds. The molecule has 2 aliphatic rings. The Bertz CT molecular complexity index is 1050. The van der Waals surface area contributed by atoms with Gasteiger partial charge in [-0.2, -0.15) is 0 Å². The zero-order chi connectivity index (χ0) is 23.4. The summed E-state index contributed by atoms with van der Waals surface area (Å²) in [5.74, 6) is -0.631. The molecule has 2 heterocycles. The summed E-state index contributed by atoms with van der Waals surface area (Å²) < 4.78 is 16.0. The predicted molar refractivity (Wildman–Crippen MR) is 122 cm³/mol. The average molecular weight is 453 g/mol. The number of ether oxygens (including phenoxy) is 3. The zero-order valence-electron chi connectivity index (χ0n) is 18.8. The zero-order valence-corrected chi connectivity index (χ0v) is 18.8. The quantitative estimate of drug-likeness (QED) is 0.392. The lowest BCUT2D eigenvalue weighted by molar-refractivity contribution is -0.140. The van der Waals surface area contributed by atoms with Gasteiger partial charge in [-0.05, 0) is 23.8 Å². The Morgan fingerprint density at radius 2 is 1.70 bits per heavy atom. The molecule has 8 heteroatoms. The second-order valence-corrected chi connectivity index (χ2v) is 7.93. The van der Waals surface area contributed by atoms with Crippen molar-refractivity contribution in [2.24, 2.45) is 0 Å². The van der Waals surface area contributed by atoms with Crippen LogP contribution >= 0.6 is 0 Å². The van der Waals surface area contributed by atoms with E-state index in [1.165, 1.54) is 14.2 Å². The normalized spacial score (nSPS) is 20.8. The number of hydrogen-bond donors (Lipinski definition) is 1. The third kappa shape index (κ3) is 4.58. The number of likely N-dealkylation sites (tertiary alicyclic amines) is 1. The van der Waals surface area contributed by atoms with Crippen LogP contribution in [0.4, 0.5) is 0 Å². The molecular weight excluding hydrogens is 424 g/mol. The summed E-state index contributed by atoms with van der Waals surface area (Å²) in [5.41, 5.74) is 1.21. The monoisotopic (exact) mass is 452 g/mol. The summed E-state index contributed by atoms with van der Waals surface area (Å²) in [6, 6.07) is 13.5. The molecule has 174 valence electrons. The number of carbonyl (C=O) groups is 2. The number of amides is 1. The molecule has 2 aromatic carbocycles. The lowest BCUT2D eigenvalue weighted by Gasteiger charge is -2.31. The van der Waals surface area contributed by atoms with E-state index >= 15 is 0 Å². The smallest absolute Gasteiger partial charge is 0.295 e. The summed E-state index contributed by atoms with van der Waals surface area (Å²) in [6.07, 6.45) is 0. The fourth-order valence-corrected chi connectivity index (χ4v) is 4.31. The van der Waals surface area contributed by atoms with Crippen molar-refractivity contribution >= 4 is 17.4 Å². The number of hydrogen-bond acceptors (Lipinski definition) is 7. The average Bonchev–Trinajstić information content (AvgIpc) is 3.12. The van der Waals surface area contributed by atoms with Crippen LogP contribution in [0.25, 0.3) is 5.76 Å². The van der Waals surface area contributed by atoms with Crippen LogP contribution in [0.1, 0.15) is 17.2 Å². The first kappa shape index (κ1) is 22.8. The standard InChI is InChI=1S/C25H28N2O6/c1-31-19-9-8-18(16-20(19)32-2)23(28)21-22(17-6-4-3-5-7-17)27(25(30)24(21)29)11-10-26-12-14-33-15-13-26/h3-9,16,22,28H,10-15H2,1-2H3/t22-/m0/s1. The first-order valence-corrected chi connectivity index (χ1v) is 10.9. The van der Waals surface area contributed by atoms with Crippen LogP contribution in [0.2, 0.25) is 0 Å². The molecular formula is C25H28N2O6. The number of methoxy groups -OCH3 is 2. The van der Waals surface area contributed by atoms with Gasteiger partial charge in [-0.15, -0.1) is 0 Å². The number of aliphatic hydroxyl groups is 1. The van der Waals surface area contributed by atoms with Crippen LogP contribution in [-0.4, -0.2) is 80.2 Å². The number of aliphatic hydroxyl groups excluding tert-OH is 1. The first-order chi connectivity index (χ1) is 16.0. The molecule has 0 unspecified atom stereocenters. The van der Waals surface area contributed by atoms with E-state index in [4.69, 9.17) is 14.2 Å². The summed E-state index contributed by atoms with van der Waals surface area (Å²) in [5, 5.41) is 11.2. The SMILES string of the molecule is COc1ccc(C(O)=C2C(=O)C(=O)N(CCN3CCOCC3)[C@H]2c2ccccc2)cc1OC. The highest BCUT2D eigenvalue weighted by Crippen LogP contribution is 2.40. The van der Waals surface area contributed by atoms with Gasteiger partial charge in [-0.3, -0.25) is 14.5 Å². The van der Waals surface area contributed by atoms with Crippen LogP contribution in [0.5, 0.6) is 11.5 Å². The molecule has 33 heavy (non-hydrogen) atoms. The molecule has 0 aliphatic carbocycles. The van der Waals surface area contributed by atoms with Gasteiger partial charge in [-0.1, -0.05) is 30.3 Å². The van der Waals surface area contributed by atoms with E-state index in [9.17, 15) is 14.7 Å². The van der Waals surface area contributed by atoms with Crippen molar-refractivity contribution in [3.8, 4) is 11.5 Å². The number of nitrogens with zero attached hydrogens (tertiary/aromatic N) is 2. The maximum absolute atomic E-state index is 13.1. The number of carbonyl (C=O) groups excluding carboxylic acids is 2. The molecule has 0 saturated carbocycles. The van der Waals surface area contributed by atoms with E-state index in [0.717, 1.165) is 18.7 Å². The van der Waals surface area contributed by atoms with Gasteiger partial charge in [0.25, 0.3) is 11.7 Å². The molecule has 2 saturated heterocycles. The topological polar surface area (TPSA) is 88.5 Å². The van der Waals surface area contributed by atoms with Crippen LogP contribution in [-0.2, 0) is 14.3 Å². The van der Waals surface area contributed by atoms with E-state index in [1.807, 2.05) is 30.3 Å². The largest absolute Gasteiger partial charge is 0.507 e. The Morgan fingerprint density at radius 3 is 2.36 bits per heavy atom. The van der Waals surface area contributed by atoms with Crippen molar-refractivity contribution in [3.05, 3.63) is 65.2 Å². The lowest BCUT2D eigenvalue weighted by Crippen LogP contribution is -2.42. The minimum absolute atomic E-state index is 0.0698. The van der Waals surface area contributed by atoms with E-state index < -0.39 is 17.7 Å². The summed E-state index contributed by atoms with van der Waals surface area (Å²) in [7, 11) is 3.02. The van der Waals surface area contributed by atoms with Gasteiger partial charge in [0, 0.05) is 31.7 Å². The van der Waals surface area contributed by atoms with Crippen LogP contribution < -0.4 is 9.47 Å². The highest BCUT2D eigenvalue weighted by molar-refractivity contribution is 6.46. The van der Waals surface area contributed by atoms with E-state index in [-0.39, 0.29) is 11.3 Å². The molecule has 0 bridgehead atoms. The molecule has 2 aliphatic heterocycles. The molecule has 1 N–H and O–H groups in total. The maximum atomic E-state index is 13.1. The van der Waals surface area contributed by atoms with Gasteiger partial charge >= 0.3 is 0 Å². The summed E-state index contributed by atoms with van der Waals surface area (Å²) in [4.78, 5) is 30.0. The van der Waals surface area contributed by atoms with Crippen molar-refractivity contribution in [2.75, 3.05) is 53.6 Å². The van der Waals surface area contributed by atoms with E-state index in [1.54, 1.807) is 23.1 Å². The molecule has 0 aromatic heterocycles. The van der Waals surface area contributed by atoms with Gasteiger partial charge in [-0.25, -0.2) is 0 Å². The Labute approximate surface area is 193 Å². The van der Waals surface area contributed by atoms with E-state index in [2.05, 4.69) is 4.90 Å². The third-order valence-electron chi connectivity index (χ3n) is 6.07. The Morgan fingerprint density at radius 1 is 1.00 bits per heavy atom. The molecule has 8 nitrogen and oxygen atoms in total. The summed E-state index contributed by atoms with van der Waals surface area (Å²) in [6.45, 7) is 3.86. The molecule has 0 spiro atoms. The minimum Gasteiger partial charge on any atom is -0.507 e. The lowest BCUT2D eigenvalue weighted by atomic mass is 9.95. The van der Waals surface area contributed by atoms with Crippen molar-refractivity contribution < 1.29 is 28.9 Å². The van der Waals surface area contributed by atoms with Crippen molar-refractivity contribution in [1.82, 2.24) is 9.80 Å². The van der Waals surface area contributed by atoms with Crippen molar-refractivity contribution in [1.29, 1.82) is 0 Å². The van der Waals surface area contributed by atoms with Crippen LogP contribution in [0.15, 0.2) is 54.1 Å². The number of morpholine rings is 1. The molecule has 0 radical (unpaired) electrons. The molecule has 1 atom stereocenters. The minimum atomic E-state index is -0.696. The van der Waals surface area contributed by atoms with Crippen molar-refractivity contribution in [3.63, 3.8) is 0 Å². The van der Waals surface area contributed by atoms with Crippen molar-refractivity contribution in [2.45, 2.75) is 6.04 Å². The highest BCUT2D eigenvalue weighted by Gasteiger charge is 2.46. The number of ketones is 1. The first-order valence-electron chi connectivity index (χ1n) is 10.9. The van der Waals surface area contributed by atoms with Gasteiger partial charge in [0.15, 0.2) is 11.5 Å². The fourth-order valence-electron chi connectivity index (χ4n) is 4.31. The van der Waals surface area contributed by atoms with Gasteiger partial charge in [0.05, 0.1) is 39.0 Å². The van der Waals surface area contributed by atoms with E-state index in [0.29, 0.717) is 43.4 Å². The Balaban J connectivity index is 1.73. The van der Waals surface area contributed by atoms with Gasteiger partial charge < -0.3 is 24.2 Å². The third-order valence-corrected chi connectivity index (χ3v) is 6.07. The summed E-state index contributed by atoms with van der Waals surface area (Å²) >= 11 is 0. The maximum Gasteiger partial charge on any atom is 0.295 e. The number of rotatable bonds is 7. The second kappa shape index (κ2) is 10.1. The van der Waals surface area contributed by atoms with Crippen LogP contribution in [0.3, 0.4) is 0 Å². The molecule has 4 rings (SSSR count). The fraction of sp³-hybridized carbons (Fsp3) is 0.360. The molecule has 2 aromatic rings. The molecule has 2 fully saturated rings. The van der Waals surface area contributed by atoms with Gasteiger partial charge in [0.2, 0.25) is 0 Å². The van der Waals surface area contributed by atoms with Gasteiger partial charge in [0.1, 0.15) is 5.76 Å². The Kier molecular flexibility index (Phi) is 6.96. The van der Waals surface area contributed by atoms with Crippen LogP contribution in [0, 0.1) is 0 Å². The predicted octanol–water partition coefficient (Wildman–Crippen LogP) is 2.46.